The van der Waals surface area contributed by atoms with Crippen LogP contribution in [-0.2, 0) is 19.5 Å². The lowest BCUT2D eigenvalue weighted by atomic mass is 10.4. The van der Waals surface area contributed by atoms with Crippen LogP contribution >= 0.6 is 0 Å². The molecule has 0 heterocycles. The lowest BCUT2D eigenvalue weighted by Crippen LogP contribution is -2.36. The smallest absolute Gasteiger partial charge is 0.214 e. The van der Waals surface area contributed by atoms with E-state index in [1.54, 1.807) is 14.2 Å². The van der Waals surface area contributed by atoms with Gasteiger partial charge in [-0.15, -0.1) is 0 Å². The Morgan fingerprint density at radius 2 is 1.69 bits per heavy atom. The molecule has 0 aliphatic carbocycles. The average Bonchev–Trinajstić information content (AvgIpc) is 2.22. The van der Waals surface area contributed by atoms with Gasteiger partial charge in [0.15, 0.2) is 0 Å². The lowest BCUT2D eigenvalue weighted by molar-refractivity contribution is 0.164. The van der Waals surface area contributed by atoms with Crippen molar-refractivity contribution in [1.82, 2.24) is 4.31 Å². The van der Waals surface area contributed by atoms with Gasteiger partial charge in [-0.05, 0) is 12.8 Å². The Labute approximate surface area is 98.8 Å². The van der Waals surface area contributed by atoms with Gasteiger partial charge in [0.25, 0.3) is 0 Å². The van der Waals surface area contributed by atoms with Crippen molar-refractivity contribution in [3.8, 4) is 0 Å². The monoisotopic (exact) mass is 253 g/mol. The van der Waals surface area contributed by atoms with E-state index in [0.717, 1.165) is 0 Å². The minimum atomic E-state index is -3.13. The molecule has 0 spiro atoms. The third kappa shape index (κ3) is 6.42. The fourth-order valence-electron chi connectivity index (χ4n) is 1.36. The first-order valence-electron chi connectivity index (χ1n) is 5.54. The van der Waals surface area contributed by atoms with Crippen molar-refractivity contribution in [2.45, 2.75) is 19.8 Å². The Kier molecular flexibility index (Phi) is 8.83. The standard InChI is InChI=1S/C10H23NO4S/c1-4-10-16(12,13)11(7-9-15-3)6-5-8-14-2/h4-10H2,1-3H3. The Morgan fingerprint density at radius 1 is 1.06 bits per heavy atom. The Morgan fingerprint density at radius 3 is 2.19 bits per heavy atom. The van der Waals surface area contributed by atoms with Crippen LogP contribution in [0.1, 0.15) is 19.8 Å². The molecule has 16 heavy (non-hydrogen) atoms. The van der Waals surface area contributed by atoms with E-state index in [2.05, 4.69) is 0 Å². The maximum Gasteiger partial charge on any atom is 0.214 e. The summed E-state index contributed by atoms with van der Waals surface area (Å²) in [6.45, 7) is 3.78. The summed E-state index contributed by atoms with van der Waals surface area (Å²) >= 11 is 0. The van der Waals surface area contributed by atoms with Crippen molar-refractivity contribution >= 4 is 10.0 Å². The van der Waals surface area contributed by atoms with Crippen LogP contribution in [0.25, 0.3) is 0 Å². The molecule has 0 aromatic heterocycles. The highest BCUT2D eigenvalue weighted by Gasteiger charge is 2.19. The van der Waals surface area contributed by atoms with Gasteiger partial charge in [0, 0.05) is 33.9 Å². The predicted molar refractivity (Wildman–Crippen MR) is 64.0 cm³/mol. The number of methoxy groups -OCH3 is 2. The summed E-state index contributed by atoms with van der Waals surface area (Å²) in [6.07, 6.45) is 1.35. The molecule has 0 atom stereocenters. The summed E-state index contributed by atoms with van der Waals surface area (Å²) in [5, 5.41) is 0. The molecule has 0 fully saturated rings. The number of ether oxygens (including phenoxy) is 2. The molecular weight excluding hydrogens is 230 g/mol. The molecule has 5 nitrogen and oxygen atoms in total. The van der Waals surface area contributed by atoms with Crippen LogP contribution in [0.15, 0.2) is 0 Å². The van der Waals surface area contributed by atoms with E-state index in [9.17, 15) is 8.42 Å². The predicted octanol–water partition coefficient (Wildman–Crippen LogP) is 0.711. The topological polar surface area (TPSA) is 55.8 Å². The molecule has 0 saturated carbocycles. The molecule has 0 N–H and O–H groups in total. The number of hydrogen-bond donors (Lipinski definition) is 0. The number of rotatable bonds is 10. The molecule has 0 saturated heterocycles. The highest BCUT2D eigenvalue weighted by atomic mass is 32.2. The van der Waals surface area contributed by atoms with E-state index in [4.69, 9.17) is 9.47 Å². The molecule has 0 aromatic rings. The molecule has 0 aliphatic rings. The Bertz CT molecular complexity index is 254. The molecule has 0 aliphatic heterocycles. The molecule has 0 bridgehead atoms. The van der Waals surface area contributed by atoms with Crippen LogP contribution in [0.4, 0.5) is 0 Å². The summed E-state index contributed by atoms with van der Waals surface area (Å²) in [7, 11) is 0.0530. The molecule has 0 aromatic carbocycles. The minimum Gasteiger partial charge on any atom is -0.385 e. The molecule has 0 unspecified atom stereocenters. The van der Waals surface area contributed by atoms with Gasteiger partial charge < -0.3 is 9.47 Å². The maximum atomic E-state index is 11.9. The molecule has 0 radical (unpaired) electrons. The van der Waals surface area contributed by atoms with Crippen LogP contribution in [0, 0.1) is 0 Å². The second kappa shape index (κ2) is 8.92. The highest BCUT2D eigenvalue weighted by molar-refractivity contribution is 7.89. The van der Waals surface area contributed by atoms with Gasteiger partial charge in [0.05, 0.1) is 12.4 Å². The van der Waals surface area contributed by atoms with Crippen LogP contribution in [0.3, 0.4) is 0 Å². The van der Waals surface area contributed by atoms with Gasteiger partial charge in [0.1, 0.15) is 0 Å². The van der Waals surface area contributed by atoms with E-state index >= 15 is 0 Å². The van der Waals surface area contributed by atoms with Crippen LogP contribution in [-0.4, -0.2) is 59.0 Å². The number of nitrogens with zero attached hydrogens (tertiary/aromatic N) is 1. The summed E-state index contributed by atoms with van der Waals surface area (Å²) in [5.41, 5.74) is 0. The zero-order valence-corrected chi connectivity index (χ0v) is 11.3. The third-order valence-corrected chi connectivity index (χ3v) is 4.23. The number of hydrogen-bond acceptors (Lipinski definition) is 4. The van der Waals surface area contributed by atoms with Gasteiger partial charge in [-0.2, -0.15) is 4.31 Å². The van der Waals surface area contributed by atoms with Gasteiger partial charge in [0.2, 0.25) is 10.0 Å². The third-order valence-electron chi connectivity index (χ3n) is 2.16. The zero-order valence-electron chi connectivity index (χ0n) is 10.4. The number of sulfonamides is 1. The van der Waals surface area contributed by atoms with Gasteiger partial charge in [-0.3, -0.25) is 0 Å². The van der Waals surface area contributed by atoms with Crippen molar-refractivity contribution in [3.63, 3.8) is 0 Å². The minimum absolute atomic E-state index is 0.198. The first-order valence-corrected chi connectivity index (χ1v) is 7.15. The fourth-order valence-corrected chi connectivity index (χ4v) is 2.89. The van der Waals surface area contributed by atoms with E-state index in [0.29, 0.717) is 39.1 Å². The molecule has 0 amide bonds. The van der Waals surface area contributed by atoms with E-state index in [1.807, 2.05) is 6.92 Å². The highest BCUT2D eigenvalue weighted by Crippen LogP contribution is 2.04. The van der Waals surface area contributed by atoms with Crippen molar-refractivity contribution in [2.75, 3.05) is 46.3 Å². The summed E-state index contributed by atoms with van der Waals surface area (Å²) in [5.74, 6) is 0.198. The van der Waals surface area contributed by atoms with Crippen LogP contribution in [0.5, 0.6) is 0 Å². The maximum absolute atomic E-state index is 11.9. The second-order valence-electron chi connectivity index (χ2n) is 3.55. The van der Waals surface area contributed by atoms with Crippen molar-refractivity contribution in [2.24, 2.45) is 0 Å². The largest absolute Gasteiger partial charge is 0.385 e. The SMILES string of the molecule is CCCS(=O)(=O)N(CCCOC)CCOC. The lowest BCUT2D eigenvalue weighted by Gasteiger charge is -2.21. The summed E-state index contributed by atoms with van der Waals surface area (Å²) in [4.78, 5) is 0. The Balaban J connectivity index is 4.28. The first-order chi connectivity index (χ1) is 7.58. The Hall–Kier alpha value is -0.170. The second-order valence-corrected chi connectivity index (χ2v) is 5.64. The molecule has 6 heteroatoms. The quantitative estimate of drug-likeness (QED) is 0.538. The van der Waals surface area contributed by atoms with Gasteiger partial charge >= 0.3 is 0 Å². The van der Waals surface area contributed by atoms with Crippen LogP contribution < -0.4 is 0 Å². The van der Waals surface area contributed by atoms with E-state index < -0.39 is 10.0 Å². The molecule has 0 rings (SSSR count). The van der Waals surface area contributed by atoms with Crippen molar-refractivity contribution in [3.05, 3.63) is 0 Å². The zero-order chi connectivity index (χ0) is 12.4. The first kappa shape index (κ1) is 15.8. The molecular formula is C10H23NO4S. The van der Waals surface area contributed by atoms with E-state index in [-0.39, 0.29) is 5.75 Å². The van der Waals surface area contributed by atoms with Crippen molar-refractivity contribution < 1.29 is 17.9 Å². The summed E-state index contributed by atoms with van der Waals surface area (Å²) in [6, 6.07) is 0. The van der Waals surface area contributed by atoms with Crippen LogP contribution in [0.2, 0.25) is 0 Å². The van der Waals surface area contributed by atoms with Gasteiger partial charge in [-0.25, -0.2) is 8.42 Å². The molecule has 98 valence electrons. The fraction of sp³-hybridized carbons (Fsp3) is 1.00. The van der Waals surface area contributed by atoms with E-state index in [1.165, 1.54) is 4.31 Å². The van der Waals surface area contributed by atoms with Crippen molar-refractivity contribution in [1.29, 1.82) is 0 Å². The normalized spacial score (nSPS) is 12.2. The summed E-state index contributed by atoms with van der Waals surface area (Å²) < 4.78 is 35.0. The van der Waals surface area contributed by atoms with Gasteiger partial charge in [-0.1, -0.05) is 6.92 Å². The average molecular weight is 253 g/mol.